The first-order chi connectivity index (χ1) is 15.1. The highest BCUT2D eigenvalue weighted by Crippen LogP contribution is 2.40. The minimum absolute atomic E-state index is 0.108. The van der Waals surface area contributed by atoms with Gasteiger partial charge in [0.05, 0.1) is 16.6 Å². The van der Waals surface area contributed by atoms with Crippen LogP contribution in [0.5, 0.6) is 5.75 Å². The molecule has 1 saturated carbocycles. The summed E-state index contributed by atoms with van der Waals surface area (Å²) >= 11 is 0. The molecule has 2 aromatic carbocycles. The number of alkyl halides is 3. The van der Waals surface area contributed by atoms with E-state index in [0.29, 0.717) is 29.9 Å². The molecule has 11 heteroatoms. The SMILES string of the molecule is O=[N+]([O-])c1cc(F)c(C(F)(F)F)cc1O[C@@H]1CC[C@H]1NCc1c(F)ccc2cnccc12. The van der Waals surface area contributed by atoms with E-state index in [1.807, 2.05) is 0 Å². The number of hydrogen-bond acceptors (Lipinski definition) is 5. The average Bonchev–Trinajstić information content (AvgIpc) is 2.72. The molecule has 0 spiro atoms. The highest BCUT2D eigenvalue weighted by Gasteiger charge is 2.39. The minimum atomic E-state index is -5.03. The molecule has 1 fully saturated rings. The fourth-order valence-electron chi connectivity index (χ4n) is 3.62. The molecular weight excluding hydrogens is 437 g/mol. The Morgan fingerprint density at radius 1 is 1.16 bits per heavy atom. The van der Waals surface area contributed by atoms with E-state index < -0.39 is 45.8 Å². The van der Waals surface area contributed by atoms with Crippen molar-refractivity contribution in [3.05, 3.63) is 75.6 Å². The van der Waals surface area contributed by atoms with Crippen molar-refractivity contribution in [3.63, 3.8) is 0 Å². The second-order valence-corrected chi connectivity index (χ2v) is 7.40. The molecule has 168 valence electrons. The van der Waals surface area contributed by atoms with Crippen LogP contribution in [-0.2, 0) is 12.7 Å². The second-order valence-electron chi connectivity index (χ2n) is 7.40. The van der Waals surface area contributed by atoms with Gasteiger partial charge in [-0.15, -0.1) is 0 Å². The standard InChI is InChI=1S/C21H16F5N3O3/c22-15-2-1-11-9-27-6-5-12(11)13(15)10-28-17-3-4-19(17)32-20-7-14(21(24,25)26)16(23)8-18(20)29(30)31/h1-2,5-9,17,19,28H,3-4,10H2/t17-,19-/m1/s1. The molecule has 0 radical (unpaired) electrons. The molecule has 1 heterocycles. The summed E-state index contributed by atoms with van der Waals surface area (Å²) in [7, 11) is 0. The van der Waals surface area contributed by atoms with E-state index in [0.717, 1.165) is 5.39 Å². The number of ether oxygens (including phenoxy) is 1. The Morgan fingerprint density at radius 3 is 2.59 bits per heavy atom. The van der Waals surface area contributed by atoms with Gasteiger partial charge in [-0.25, -0.2) is 8.78 Å². The van der Waals surface area contributed by atoms with Crippen LogP contribution in [0.3, 0.4) is 0 Å². The van der Waals surface area contributed by atoms with Crippen molar-refractivity contribution in [2.45, 2.75) is 37.7 Å². The third kappa shape index (κ3) is 4.20. The van der Waals surface area contributed by atoms with Crippen molar-refractivity contribution in [3.8, 4) is 5.75 Å². The highest BCUT2D eigenvalue weighted by molar-refractivity contribution is 5.84. The van der Waals surface area contributed by atoms with Crippen molar-refractivity contribution < 1.29 is 31.6 Å². The summed E-state index contributed by atoms with van der Waals surface area (Å²) in [6, 6.07) is 4.72. The van der Waals surface area contributed by atoms with Crippen LogP contribution in [0.4, 0.5) is 27.6 Å². The van der Waals surface area contributed by atoms with Crippen LogP contribution < -0.4 is 10.1 Å². The monoisotopic (exact) mass is 453 g/mol. The Kier molecular flexibility index (Phi) is 5.68. The average molecular weight is 453 g/mol. The summed E-state index contributed by atoms with van der Waals surface area (Å²) in [6.07, 6.45) is -1.61. The van der Waals surface area contributed by atoms with Gasteiger partial charge >= 0.3 is 11.9 Å². The van der Waals surface area contributed by atoms with Gasteiger partial charge < -0.3 is 10.1 Å². The number of rotatable bonds is 6. The summed E-state index contributed by atoms with van der Waals surface area (Å²) in [4.78, 5) is 14.2. The number of hydrogen-bond donors (Lipinski definition) is 1. The van der Waals surface area contributed by atoms with Gasteiger partial charge in [-0.3, -0.25) is 15.1 Å². The molecule has 1 N–H and O–H groups in total. The van der Waals surface area contributed by atoms with E-state index in [1.165, 1.54) is 12.3 Å². The number of pyridine rings is 1. The van der Waals surface area contributed by atoms with Crippen molar-refractivity contribution in [1.29, 1.82) is 0 Å². The van der Waals surface area contributed by atoms with Crippen molar-refractivity contribution in [2.24, 2.45) is 0 Å². The maximum atomic E-state index is 14.4. The molecule has 1 aromatic heterocycles. The molecule has 4 rings (SSSR count). The molecule has 0 aliphatic heterocycles. The van der Waals surface area contributed by atoms with E-state index in [2.05, 4.69) is 10.3 Å². The van der Waals surface area contributed by atoms with Crippen LogP contribution in [0.25, 0.3) is 10.8 Å². The van der Waals surface area contributed by atoms with Crippen LogP contribution in [0, 0.1) is 21.7 Å². The second kappa shape index (κ2) is 8.30. The van der Waals surface area contributed by atoms with E-state index in [1.54, 1.807) is 18.3 Å². The number of fused-ring (bicyclic) bond motifs is 1. The number of halogens is 5. The Hall–Kier alpha value is -3.34. The number of aromatic nitrogens is 1. The molecule has 0 amide bonds. The van der Waals surface area contributed by atoms with Gasteiger partial charge in [0, 0.05) is 42.0 Å². The zero-order chi connectivity index (χ0) is 23.0. The van der Waals surface area contributed by atoms with Crippen LogP contribution in [0.2, 0.25) is 0 Å². The zero-order valence-corrected chi connectivity index (χ0v) is 16.3. The fraction of sp³-hybridized carbons (Fsp3) is 0.286. The Morgan fingerprint density at radius 2 is 1.94 bits per heavy atom. The third-order valence-corrected chi connectivity index (χ3v) is 5.46. The summed E-state index contributed by atoms with van der Waals surface area (Å²) < 4.78 is 72.7. The van der Waals surface area contributed by atoms with Crippen LogP contribution >= 0.6 is 0 Å². The minimum Gasteiger partial charge on any atom is -0.482 e. The molecule has 1 aliphatic rings. The van der Waals surface area contributed by atoms with Crippen LogP contribution in [0.15, 0.2) is 42.7 Å². The molecule has 1 aliphatic carbocycles. The van der Waals surface area contributed by atoms with Crippen LogP contribution in [0.1, 0.15) is 24.0 Å². The molecule has 0 saturated heterocycles. The Balaban J connectivity index is 1.53. The lowest BCUT2D eigenvalue weighted by Gasteiger charge is -2.37. The summed E-state index contributed by atoms with van der Waals surface area (Å²) in [5, 5.41) is 15.7. The largest absolute Gasteiger partial charge is 0.482 e. The van der Waals surface area contributed by atoms with Gasteiger partial charge in [0.1, 0.15) is 17.7 Å². The summed E-state index contributed by atoms with van der Waals surface area (Å²) in [5.74, 6) is -2.85. The topological polar surface area (TPSA) is 77.3 Å². The highest BCUT2D eigenvalue weighted by atomic mass is 19.4. The normalized spacial score (nSPS) is 18.4. The molecular formula is C21H16F5N3O3. The van der Waals surface area contributed by atoms with E-state index in [9.17, 15) is 32.1 Å². The first-order valence-electron chi connectivity index (χ1n) is 9.61. The number of nitrogens with one attached hydrogen (secondary N) is 1. The smallest absolute Gasteiger partial charge is 0.419 e. The van der Waals surface area contributed by atoms with E-state index >= 15 is 0 Å². The zero-order valence-electron chi connectivity index (χ0n) is 16.3. The molecule has 6 nitrogen and oxygen atoms in total. The number of nitrogens with zero attached hydrogens (tertiary/aromatic N) is 2. The van der Waals surface area contributed by atoms with Crippen molar-refractivity contribution >= 4 is 16.5 Å². The predicted octanol–water partition coefficient (Wildman–Crippen LogP) is 5.14. The van der Waals surface area contributed by atoms with Gasteiger partial charge in [-0.05, 0) is 36.4 Å². The van der Waals surface area contributed by atoms with Crippen molar-refractivity contribution in [2.75, 3.05) is 0 Å². The number of benzene rings is 2. The first kappa shape index (κ1) is 21.9. The van der Waals surface area contributed by atoms with Gasteiger partial charge in [-0.1, -0.05) is 0 Å². The lowest BCUT2D eigenvalue weighted by Crippen LogP contribution is -2.50. The Labute approximate surface area is 178 Å². The Bertz CT molecular complexity index is 1190. The number of nitro groups is 1. The maximum Gasteiger partial charge on any atom is 0.419 e. The molecule has 32 heavy (non-hydrogen) atoms. The van der Waals surface area contributed by atoms with Gasteiger partial charge in [0.25, 0.3) is 0 Å². The predicted molar refractivity (Wildman–Crippen MR) is 104 cm³/mol. The first-order valence-corrected chi connectivity index (χ1v) is 9.61. The number of nitro benzene ring substituents is 1. The fourth-order valence-corrected chi connectivity index (χ4v) is 3.62. The molecule has 2 atom stereocenters. The third-order valence-electron chi connectivity index (χ3n) is 5.46. The molecule has 3 aromatic rings. The van der Waals surface area contributed by atoms with Crippen molar-refractivity contribution in [1.82, 2.24) is 10.3 Å². The van der Waals surface area contributed by atoms with E-state index in [-0.39, 0.29) is 18.7 Å². The summed E-state index contributed by atoms with van der Waals surface area (Å²) in [5.41, 5.74) is -2.15. The lowest BCUT2D eigenvalue weighted by molar-refractivity contribution is -0.386. The molecule has 0 unspecified atom stereocenters. The maximum absolute atomic E-state index is 14.4. The molecule has 0 bridgehead atoms. The van der Waals surface area contributed by atoms with Gasteiger partial charge in [0.2, 0.25) is 0 Å². The van der Waals surface area contributed by atoms with Crippen LogP contribution in [-0.4, -0.2) is 22.1 Å². The van der Waals surface area contributed by atoms with E-state index in [4.69, 9.17) is 4.74 Å². The quantitative estimate of drug-likeness (QED) is 0.318. The van der Waals surface area contributed by atoms with Gasteiger partial charge in [0.15, 0.2) is 5.75 Å². The summed E-state index contributed by atoms with van der Waals surface area (Å²) in [6.45, 7) is 0.108. The van der Waals surface area contributed by atoms with Gasteiger partial charge in [-0.2, -0.15) is 13.2 Å². The lowest BCUT2D eigenvalue weighted by atomic mass is 9.88.